The molecule has 7 nitrogen and oxygen atoms in total. The largest absolute Gasteiger partial charge is 0.368 e. The molecule has 0 aromatic heterocycles. The molecular weight excluding hydrogens is 525 g/mol. The second-order valence-corrected chi connectivity index (χ2v) is 13.2. The molecule has 0 aliphatic carbocycles. The summed E-state index contributed by atoms with van der Waals surface area (Å²) in [6, 6.07) is 17.4. The number of hydrogen-bond donors (Lipinski definition) is 0. The Balaban J connectivity index is 1.58. The van der Waals surface area contributed by atoms with E-state index in [-0.39, 0.29) is 21.4 Å². The summed E-state index contributed by atoms with van der Waals surface area (Å²) in [4.78, 5) is 3.53. The molecule has 1 aliphatic heterocycles. The third-order valence-corrected chi connectivity index (χ3v) is 10.1. The Morgan fingerprint density at radius 2 is 1.36 bits per heavy atom. The van der Waals surface area contributed by atoms with Gasteiger partial charge in [0.25, 0.3) is 0 Å². The lowest BCUT2D eigenvalue weighted by Crippen LogP contribution is -2.47. The average molecular weight is 552 g/mol. The number of piperazine rings is 1. The van der Waals surface area contributed by atoms with Crippen LogP contribution in [0.3, 0.4) is 0 Å². The molecule has 1 saturated heterocycles. The van der Waals surface area contributed by atoms with Gasteiger partial charge in [0, 0.05) is 51.0 Å². The molecule has 0 bridgehead atoms. The molecule has 192 valence electrons. The monoisotopic (exact) mass is 551 g/mol. The van der Waals surface area contributed by atoms with Gasteiger partial charge < -0.3 is 9.80 Å². The molecule has 0 radical (unpaired) electrons. The van der Waals surface area contributed by atoms with Gasteiger partial charge in [-0.3, -0.25) is 0 Å². The predicted octanol–water partition coefficient (Wildman–Crippen LogP) is 4.03. The van der Waals surface area contributed by atoms with Crippen LogP contribution >= 0.6 is 11.6 Å². The van der Waals surface area contributed by atoms with Gasteiger partial charge in [-0.2, -0.15) is 0 Å². The fourth-order valence-corrected chi connectivity index (χ4v) is 7.56. The first-order valence-electron chi connectivity index (χ1n) is 11.3. The lowest BCUT2D eigenvalue weighted by Gasteiger charge is -2.38. The zero-order chi connectivity index (χ0) is 26.1. The third kappa shape index (κ3) is 5.36. The summed E-state index contributed by atoms with van der Waals surface area (Å²) < 4.78 is 67.9. The van der Waals surface area contributed by atoms with E-state index in [1.54, 1.807) is 24.3 Å². The van der Waals surface area contributed by atoms with Gasteiger partial charge in [0.1, 0.15) is 10.7 Å². The highest BCUT2D eigenvalue weighted by Crippen LogP contribution is 2.31. The number of sulfone groups is 1. The minimum Gasteiger partial charge on any atom is -0.368 e. The summed E-state index contributed by atoms with van der Waals surface area (Å²) >= 11 is 5.87. The van der Waals surface area contributed by atoms with Crippen LogP contribution in [0.4, 0.5) is 15.8 Å². The second kappa shape index (κ2) is 10.4. The van der Waals surface area contributed by atoms with E-state index in [4.69, 9.17) is 11.6 Å². The summed E-state index contributed by atoms with van der Waals surface area (Å²) in [5, 5.41) is 0.338. The van der Waals surface area contributed by atoms with Crippen molar-refractivity contribution < 1.29 is 21.2 Å². The molecular formula is C25H27ClFN3O4S2. The zero-order valence-corrected chi connectivity index (χ0v) is 22.3. The van der Waals surface area contributed by atoms with E-state index in [9.17, 15) is 21.2 Å². The molecule has 0 atom stereocenters. The van der Waals surface area contributed by atoms with E-state index < -0.39 is 19.9 Å². The average Bonchev–Trinajstić information content (AvgIpc) is 2.84. The fourth-order valence-electron chi connectivity index (χ4n) is 4.27. The molecule has 0 N–H and O–H groups in total. The van der Waals surface area contributed by atoms with E-state index >= 15 is 0 Å². The SMILES string of the molecule is CN(C)S(=O)(=O)c1ccccc1S(=O)(=O)Cc1ccccc1N1CCN(c2ccc(Cl)cc2F)CC1. The normalized spacial score (nSPS) is 14.9. The lowest BCUT2D eigenvalue weighted by molar-refractivity contribution is 0.517. The van der Waals surface area contributed by atoms with E-state index in [2.05, 4.69) is 4.90 Å². The van der Waals surface area contributed by atoms with Gasteiger partial charge in [-0.1, -0.05) is 41.9 Å². The van der Waals surface area contributed by atoms with E-state index in [0.717, 1.165) is 9.99 Å². The smallest absolute Gasteiger partial charge is 0.243 e. The lowest BCUT2D eigenvalue weighted by atomic mass is 10.1. The van der Waals surface area contributed by atoms with Crippen LogP contribution in [0.1, 0.15) is 5.56 Å². The minimum atomic E-state index is -3.99. The molecule has 36 heavy (non-hydrogen) atoms. The van der Waals surface area contributed by atoms with Crippen LogP contribution in [-0.2, 0) is 25.6 Å². The van der Waals surface area contributed by atoms with Crippen LogP contribution in [0.25, 0.3) is 0 Å². The standard InChI is InChI=1S/C25H27ClFN3O4S2/c1-28(2)36(33,34)25-10-6-5-9-24(25)35(31,32)18-19-7-3-4-8-22(19)29-13-15-30(16-14-29)23-12-11-20(26)17-21(23)27/h3-12,17H,13-16,18H2,1-2H3. The first-order chi connectivity index (χ1) is 17.0. The molecule has 1 fully saturated rings. The maximum Gasteiger partial charge on any atom is 0.243 e. The van der Waals surface area contributed by atoms with Crippen molar-refractivity contribution >= 4 is 42.8 Å². The molecule has 4 rings (SSSR count). The molecule has 0 unspecified atom stereocenters. The van der Waals surface area contributed by atoms with Crippen LogP contribution in [0.2, 0.25) is 5.02 Å². The summed E-state index contributed by atoms with van der Waals surface area (Å²) in [6.07, 6.45) is 0. The first-order valence-corrected chi connectivity index (χ1v) is 14.7. The van der Waals surface area contributed by atoms with Crippen LogP contribution < -0.4 is 9.80 Å². The number of rotatable bonds is 7. The number of halogens is 2. The first kappa shape index (κ1) is 26.4. The van der Waals surface area contributed by atoms with Gasteiger partial charge in [-0.15, -0.1) is 0 Å². The van der Waals surface area contributed by atoms with Crippen molar-refractivity contribution in [3.63, 3.8) is 0 Å². The highest BCUT2D eigenvalue weighted by Gasteiger charge is 2.29. The molecule has 0 amide bonds. The Kier molecular flexibility index (Phi) is 7.61. The third-order valence-electron chi connectivity index (χ3n) is 6.15. The van der Waals surface area contributed by atoms with Crippen LogP contribution in [0.5, 0.6) is 0 Å². The van der Waals surface area contributed by atoms with E-state index in [1.807, 2.05) is 17.0 Å². The Morgan fingerprint density at radius 3 is 1.97 bits per heavy atom. The fraction of sp³-hybridized carbons (Fsp3) is 0.280. The van der Waals surface area contributed by atoms with Crippen molar-refractivity contribution in [1.82, 2.24) is 4.31 Å². The minimum absolute atomic E-state index is 0.225. The topological polar surface area (TPSA) is 78.0 Å². The second-order valence-electron chi connectivity index (χ2n) is 8.69. The molecule has 3 aromatic rings. The summed E-state index contributed by atoms with van der Waals surface area (Å²) in [7, 11) is -5.21. The van der Waals surface area contributed by atoms with Crippen molar-refractivity contribution in [2.75, 3.05) is 50.1 Å². The maximum absolute atomic E-state index is 14.4. The van der Waals surface area contributed by atoms with E-state index in [0.29, 0.717) is 42.5 Å². The number of anilines is 2. The van der Waals surface area contributed by atoms with Crippen molar-refractivity contribution in [1.29, 1.82) is 0 Å². The Morgan fingerprint density at radius 1 is 0.806 bits per heavy atom. The van der Waals surface area contributed by atoms with E-state index in [1.165, 1.54) is 44.4 Å². The Bertz CT molecular complexity index is 1470. The number of para-hydroxylation sites is 1. The molecule has 1 heterocycles. The highest BCUT2D eigenvalue weighted by atomic mass is 35.5. The summed E-state index contributed by atoms with van der Waals surface area (Å²) in [5.41, 5.74) is 1.81. The quantitative estimate of drug-likeness (QED) is 0.441. The number of nitrogens with zero attached hydrogens (tertiary/aromatic N) is 3. The van der Waals surface area contributed by atoms with Crippen molar-refractivity contribution in [2.24, 2.45) is 0 Å². The molecule has 1 aliphatic rings. The Hall–Kier alpha value is -2.66. The highest BCUT2D eigenvalue weighted by molar-refractivity contribution is 7.93. The molecule has 0 saturated carbocycles. The van der Waals surface area contributed by atoms with Gasteiger partial charge in [-0.05, 0) is 42.0 Å². The van der Waals surface area contributed by atoms with Crippen LogP contribution in [0.15, 0.2) is 76.5 Å². The predicted molar refractivity (Wildman–Crippen MR) is 140 cm³/mol. The van der Waals surface area contributed by atoms with Gasteiger partial charge in [0.05, 0.1) is 16.3 Å². The molecule has 0 spiro atoms. The summed E-state index contributed by atoms with van der Waals surface area (Å²) in [6.45, 7) is 2.21. The van der Waals surface area contributed by atoms with Crippen molar-refractivity contribution in [2.45, 2.75) is 15.5 Å². The van der Waals surface area contributed by atoms with Gasteiger partial charge in [-0.25, -0.2) is 25.5 Å². The number of benzene rings is 3. The summed E-state index contributed by atoms with van der Waals surface area (Å²) in [5.74, 6) is -0.733. The zero-order valence-electron chi connectivity index (χ0n) is 19.9. The van der Waals surface area contributed by atoms with Gasteiger partial charge >= 0.3 is 0 Å². The van der Waals surface area contributed by atoms with Crippen LogP contribution in [-0.4, -0.2) is 61.4 Å². The molecule has 11 heteroatoms. The van der Waals surface area contributed by atoms with Crippen LogP contribution in [0, 0.1) is 5.82 Å². The van der Waals surface area contributed by atoms with Gasteiger partial charge in [0.15, 0.2) is 9.84 Å². The maximum atomic E-state index is 14.4. The molecule has 3 aromatic carbocycles. The van der Waals surface area contributed by atoms with Crippen molar-refractivity contribution in [3.8, 4) is 0 Å². The number of sulfonamides is 1. The number of hydrogen-bond acceptors (Lipinski definition) is 6. The van der Waals surface area contributed by atoms with Crippen molar-refractivity contribution in [3.05, 3.63) is 83.1 Å². The Labute approximate surface area is 216 Å². The van der Waals surface area contributed by atoms with Gasteiger partial charge in [0.2, 0.25) is 10.0 Å².